The molecule has 0 radical (unpaired) electrons. The molecule has 2 atom stereocenters. The predicted molar refractivity (Wildman–Crippen MR) is 139 cm³/mol. The molecule has 0 unspecified atom stereocenters. The lowest BCUT2D eigenvalue weighted by molar-refractivity contribution is -0.140. The highest BCUT2D eigenvalue weighted by atomic mass is 35.5. The van der Waals surface area contributed by atoms with Crippen molar-refractivity contribution in [2.45, 2.75) is 58.3 Å². The Hall–Kier alpha value is -3.23. The van der Waals surface area contributed by atoms with E-state index in [9.17, 15) is 9.59 Å². The molecule has 4 rings (SSSR count). The van der Waals surface area contributed by atoms with Gasteiger partial charge in [-0.3, -0.25) is 9.59 Å². The Morgan fingerprint density at radius 2 is 1.94 bits per heavy atom. The summed E-state index contributed by atoms with van der Waals surface area (Å²) in [5, 5.41) is 11.2. The lowest BCUT2D eigenvalue weighted by Gasteiger charge is -2.29. The van der Waals surface area contributed by atoms with Gasteiger partial charge in [0.05, 0.1) is 11.7 Å². The highest BCUT2D eigenvalue weighted by Gasteiger charge is 2.37. The van der Waals surface area contributed by atoms with Gasteiger partial charge in [0.2, 0.25) is 11.8 Å². The average molecular weight is 509 g/mol. The maximum absolute atomic E-state index is 13.6. The minimum absolute atomic E-state index is 0.0108. The molecule has 190 valence electrons. The normalized spacial score (nSPS) is 16.3. The van der Waals surface area contributed by atoms with E-state index in [1.165, 1.54) is 6.33 Å². The fraction of sp³-hybridized carbons (Fsp3) is 0.407. The van der Waals surface area contributed by atoms with Crippen molar-refractivity contribution in [2.24, 2.45) is 5.92 Å². The maximum atomic E-state index is 13.6. The van der Waals surface area contributed by atoms with Crippen molar-refractivity contribution < 1.29 is 9.59 Å². The molecule has 1 aliphatic rings. The summed E-state index contributed by atoms with van der Waals surface area (Å²) in [6, 6.07) is 14.6. The number of hydrogen-bond donors (Lipinski definition) is 2. The number of hydrogen-bond acceptors (Lipinski definition) is 5. The van der Waals surface area contributed by atoms with E-state index in [0.29, 0.717) is 36.9 Å². The molecule has 36 heavy (non-hydrogen) atoms. The van der Waals surface area contributed by atoms with Gasteiger partial charge in [-0.05, 0) is 54.5 Å². The van der Waals surface area contributed by atoms with E-state index in [2.05, 4.69) is 34.6 Å². The van der Waals surface area contributed by atoms with E-state index < -0.39 is 6.04 Å². The minimum Gasteiger partial charge on any atom is -0.350 e. The van der Waals surface area contributed by atoms with Gasteiger partial charge in [-0.15, -0.1) is 0 Å². The zero-order valence-electron chi connectivity index (χ0n) is 20.7. The summed E-state index contributed by atoms with van der Waals surface area (Å²) >= 11 is 6.22. The van der Waals surface area contributed by atoms with Gasteiger partial charge in [0.15, 0.2) is 0 Å². The van der Waals surface area contributed by atoms with E-state index in [0.717, 1.165) is 23.2 Å². The van der Waals surface area contributed by atoms with Crippen LogP contribution in [0.25, 0.3) is 5.69 Å². The van der Waals surface area contributed by atoms with Crippen molar-refractivity contribution in [3.63, 3.8) is 0 Å². The number of likely N-dealkylation sites (tertiary alicyclic amines) is 1. The van der Waals surface area contributed by atoms with Crippen molar-refractivity contribution >= 4 is 23.4 Å². The fourth-order valence-electron chi connectivity index (χ4n) is 4.63. The summed E-state index contributed by atoms with van der Waals surface area (Å²) in [6.07, 6.45) is 5.22. The number of nitrogens with zero attached hydrogens (tertiary/aromatic N) is 4. The molecule has 8 nitrogen and oxygen atoms in total. The summed E-state index contributed by atoms with van der Waals surface area (Å²) < 4.78 is 1.64. The van der Waals surface area contributed by atoms with Gasteiger partial charge in [0.1, 0.15) is 18.7 Å². The number of nitrogens with one attached hydrogen (secondary N) is 2. The van der Waals surface area contributed by atoms with Crippen molar-refractivity contribution in [3.8, 4) is 5.69 Å². The smallest absolute Gasteiger partial charge is 0.243 e. The van der Waals surface area contributed by atoms with Crippen molar-refractivity contribution in [3.05, 3.63) is 77.3 Å². The zero-order chi connectivity index (χ0) is 25.5. The Labute approximate surface area is 217 Å². The molecule has 2 amide bonds. The number of amides is 2. The van der Waals surface area contributed by atoms with E-state index in [1.807, 2.05) is 42.5 Å². The predicted octanol–water partition coefficient (Wildman–Crippen LogP) is 3.73. The molecule has 1 saturated heterocycles. The Morgan fingerprint density at radius 3 is 2.67 bits per heavy atom. The number of halogens is 1. The molecule has 1 fully saturated rings. The van der Waals surface area contributed by atoms with Crippen LogP contribution < -0.4 is 10.6 Å². The van der Waals surface area contributed by atoms with Crippen molar-refractivity contribution in [1.29, 1.82) is 0 Å². The molecule has 2 N–H and O–H groups in total. The summed E-state index contributed by atoms with van der Waals surface area (Å²) in [5.41, 5.74) is 2.73. The Bertz CT molecular complexity index is 1150. The summed E-state index contributed by atoms with van der Waals surface area (Å²) in [5.74, 6) is 0.176. The number of carbonyl (C=O) groups is 2. The molecule has 2 aromatic carbocycles. The van der Waals surface area contributed by atoms with Crippen LogP contribution in [0.15, 0.2) is 61.2 Å². The van der Waals surface area contributed by atoms with Crippen LogP contribution in [0.3, 0.4) is 0 Å². The lowest BCUT2D eigenvalue weighted by atomic mass is 10.0. The molecule has 0 saturated carbocycles. The Morgan fingerprint density at radius 1 is 1.14 bits per heavy atom. The monoisotopic (exact) mass is 508 g/mol. The molecule has 1 aromatic heterocycles. The number of carbonyl (C=O) groups excluding carboxylic acids is 2. The first-order valence-corrected chi connectivity index (χ1v) is 12.8. The second kappa shape index (κ2) is 12.1. The van der Waals surface area contributed by atoms with E-state index in [-0.39, 0.29) is 24.4 Å². The van der Waals surface area contributed by atoms with Crippen LogP contribution in [0, 0.1) is 5.92 Å². The third-order valence-corrected chi connectivity index (χ3v) is 6.63. The van der Waals surface area contributed by atoms with Gasteiger partial charge in [0, 0.05) is 24.7 Å². The first-order chi connectivity index (χ1) is 17.4. The van der Waals surface area contributed by atoms with E-state index in [4.69, 9.17) is 11.6 Å². The Balaban J connectivity index is 1.42. The lowest BCUT2D eigenvalue weighted by Crippen LogP contribution is -2.52. The largest absolute Gasteiger partial charge is 0.350 e. The summed E-state index contributed by atoms with van der Waals surface area (Å²) in [7, 11) is 0. The van der Waals surface area contributed by atoms with Gasteiger partial charge in [-0.1, -0.05) is 55.8 Å². The van der Waals surface area contributed by atoms with Gasteiger partial charge in [0.25, 0.3) is 0 Å². The minimum atomic E-state index is -0.486. The molecule has 3 aromatic rings. The third kappa shape index (κ3) is 6.50. The molecular formula is C27H33ClN6O2. The van der Waals surface area contributed by atoms with Crippen molar-refractivity contribution in [2.75, 3.05) is 6.54 Å². The zero-order valence-corrected chi connectivity index (χ0v) is 21.5. The number of benzene rings is 2. The molecule has 2 heterocycles. The van der Waals surface area contributed by atoms with Gasteiger partial charge >= 0.3 is 0 Å². The second-order valence-electron chi connectivity index (χ2n) is 9.57. The van der Waals surface area contributed by atoms with Crippen LogP contribution in [0.2, 0.25) is 5.02 Å². The first-order valence-electron chi connectivity index (χ1n) is 12.4. The molecule has 0 spiro atoms. The standard InChI is InChI=1S/C27H33ClN6O2/c1-19(2)13-23(30-15-20-7-4-3-5-8-20)27(36)33-12-6-9-25(33)26(35)31-16-21-14-22(28)10-11-24(21)34-18-29-17-32-34/h3-5,7-8,10-11,14,17-19,23,25,30H,6,9,12-13,15-16H2,1-2H3,(H,31,35)/t23-,25-/m0/s1. The Kier molecular flexibility index (Phi) is 8.72. The topological polar surface area (TPSA) is 92.2 Å². The second-order valence-corrected chi connectivity index (χ2v) is 10.0. The SMILES string of the molecule is CC(C)C[C@H](NCc1ccccc1)C(=O)N1CCC[C@H]1C(=O)NCc1cc(Cl)ccc1-n1cncn1. The van der Waals surface area contributed by atoms with E-state index in [1.54, 1.807) is 22.0 Å². The summed E-state index contributed by atoms with van der Waals surface area (Å²) in [4.78, 5) is 32.6. The first kappa shape index (κ1) is 25.9. The summed E-state index contributed by atoms with van der Waals surface area (Å²) in [6.45, 7) is 5.68. The fourth-order valence-corrected chi connectivity index (χ4v) is 4.83. The van der Waals surface area contributed by atoms with E-state index >= 15 is 0 Å². The van der Waals surface area contributed by atoms with Crippen LogP contribution in [0.1, 0.15) is 44.2 Å². The quantitative estimate of drug-likeness (QED) is 0.435. The van der Waals surface area contributed by atoms with Gasteiger partial charge < -0.3 is 15.5 Å². The highest BCUT2D eigenvalue weighted by molar-refractivity contribution is 6.30. The molecular weight excluding hydrogens is 476 g/mol. The maximum Gasteiger partial charge on any atom is 0.243 e. The van der Waals surface area contributed by atoms with Crippen LogP contribution in [0.5, 0.6) is 0 Å². The third-order valence-electron chi connectivity index (χ3n) is 6.40. The van der Waals surface area contributed by atoms with Crippen molar-refractivity contribution in [1.82, 2.24) is 30.3 Å². The number of rotatable bonds is 10. The highest BCUT2D eigenvalue weighted by Crippen LogP contribution is 2.22. The molecule has 0 aliphatic carbocycles. The number of aromatic nitrogens is 3. The average Bonchev–Trinajstić information content (AvgIpc) is 3.58. The molecule has 0 bridgehead atoms. The van der Waals surface area contributed by atoms with Gasteiger partial charge in [-0.2, -0.15) is 5.10 Å². The molecule has 1 aliphatic heterocycles. The van der Waals surface area contributed by atoms with Crippen LogP contribution in [-0.4, -0.2) is 50.1 Å². The molecule has 9 heteroatoms. The van der Waals surface area contributed by atoms with Crippen LogP contribution >= 0.6 is 11.6 Å². The van der Waals surface area contributed by atoms with Gasteiger partial charge in [-0.25, -0.2) is 9.67 Å². The van der Waals surface area contributed by atoms with Crippen LogP contribution in [-0.2, 0) is 22.7 Å². The van der Waals surface area contributed by atoms with Crippen LogP contribution in [0.4, 0.5) is 0 Å².